The summed E-state index contributed by atoms with van der Waals surface area (Å²) in [6.45, 7) is 1.86. The lowest BCUT2D eigenvalue weighted by Gasteiger charge is -2.37. The fourth-order valence-corrected chi connectivity index (χ4v) is 4.12. The summed E-state index contributed by atoms with van der Waals surface area (Å²) in [5, 5.41) is 8.26. The molecule has 2 aromatic carbocycles. The number of anilines is 1. The van der Waals surface area contributed by atoms with Crippen LogP contribution in [0.1, 0.15) is 24.0 Å². The molecular formula is C24H21F4N3O3. The number of nitrogens with zero attached hydrogens (tertiary/aromatic N) is 2. The van der Waals surface area contributed by atoms with Crippen LogP contribution in [0.4, 0.5) is 23.2 Å². The highest BCUT2D eigenvalue weighted by molar-refractivity contribution is 6.13. The molecule has 0 saturated carbocycles. The summed E-state index contributed by atoms with van der Waals surface area (Å²) in [5.74, 6) is -5.01. The van der Waals surface area contributed by atoms with Crippen LogP contribution in [-0.2, 0) is 9.53 Å². The monoisotopic (exact) mass is 475 g/mol. The van der Waals surface area contributed by atoms with Crippen molar-refractivity contribution in [1.82, 2.24) is 5.32 Å². The Bertz CT molecular complexity index is 1230. The topological polar surface area (TPSA) is 67.1 Å². The minimum Gasteiger partial charge on any atom is -0.472 e. The lowest BCUT2D eigenvalue weighted by molar-refractivity contribution is -0.126. The predicted molar refractivity (Wildman–Crippen MR) is 116 cm³/mol. The molecule has 34 heavy (non-hydrogen) atoms. The van der Waals surface area contributed by atoms with Gasteiger partial charge in [0.1, 0.15) is 17.5 Å². The van der Waals surface area contributed by atoms with Crippen LogP contribution < -0.4 is 10.3 Å². The SMILES string of the molecule is COCCNC(=O)C1(C)C(c2ccoc2)C(c2ccc(F)cc2F)=NN1c1ccc(F)cc1F. The van der Waals surface area contributed by atoms with Crippen LogP contribution in [0.3, 0.4) is 0 Å². The van der Waals surface area contributed by atoms with E-state index in [0.29, 0.717) is 17.7 Å². The van der Waals surface area contributed by atoms with Crippen LogP contribution >= 0.6 is 0 Å². The maximum atomic E-state index is 14.9. The molecule has 178 valence electrons. The Balaban J connectivity index is 1.93. The van der Waals surface area contributed by atoms with Gasteiger partial charge in [-0.2, -0.15) is 5.10 Å². The summed E-state index contributed by atoms with van der Waals surface area (Å²) in [7, 11) is 1.47. The van der Waals surface area contributed by atoms with Gasteiger partial charge >= 0.3 is 0 Å². The number of hydrogen-bond acceptors (Lipinski definition) is 5. The first-order valence-electron chi connectivity index (χ1n) is 10.4. The number of hydrazone groups is 1. The number of nitrogens with one attached hydrogen (secondary N) is 1. The van der Waals surface area contributed by atoms with E-state index in [1.54, 1.807) is 6.07 Å². The normalized spacial score (nSPS) is 19.9. The molecule has 0 aliphatic carbocycles. The first kappa shape index (κ1) is 23.5. The number of amides is 1. The van der Waals surface area contributed by atoms with Crippen LogP contribution in [0.15, 0.2) is 64.5 Å². The lowest BCUT2D eigenvalue weighted by atomic mass is 9.76. The first-order valence-corrected chi connectivity index (χ1v) is 10.4. The molecule has 0 fully saturated rings. The summed E-state index contributed by atoms with van der Waals surface area (Å²) in [6.07, 6.45) is 2.74. The molecule has 1 aliphatic heterocycles. The second kappa shape index (κ2) is 9.30. The van der Waals surface area contributed by atoms with Crippen molar-refractivity contribution in [3.63, 3.8) is 0 Å². The fraction of sp³-hybridized carbons (Fsp3) is 0.250. The Morgan fingerprint density at radius 2 is 1.82 bits per heavy atom. The van der Waals surface area contributed by atoms with Crippen LogP contribution in [0.2, 0.25) is 0 Å². The third-order valence-electron chi connectivity index (χ3n) is 5.76. The van der Waals surface area contributed by atoms with Crippen molar-refractivity contribution in [1.29, 1.82) is 0 Å². The van der Waals surface area contributed by atoms with E-state index in [-0.39, 0.29) is 30.1 Å². The Labute approximate surface area is 192 Å². The summed E-state index contributed by atoms with van der Waals surface area (Å²) < 4.78 is 67.2. The van der Waals surface area contributed by atoms with E-state index in [0.717, 1.165) is 23.2 Å². The molecule has 0 bridgehead atoms. The highest BCUT2D eigenvalue weighted by Gasteiger charge is 2.55. The second-order valence-electron chi connectivity index (χ2n) is 7.90. The average Bonchev–Trinajstić information content (AvgIpc) is 3.41. The fourth-order valence-electron chi connectivity index (χ4n) is 4.12. The third-order valence-corrected chi connectivity index (χ3v) is 5.76. The summed E-state index contributed by atoms with van der Waals surface area (Å²) in [5.41, 5.74) is -1.42. The molecule has 3 aromatic rings. The van der Waals surface area contributed by atoms with E-state index in [4.69, 9.17) is 9.15 Å². The second-order valence-corrected chi connectivity index (χ2v) is 7.90. The van der Waals surface area contributed by atoms with Crippen molar-refractivity contribution in [2.45, 2.75) is 18.4 Å². The molecule has 4 rings (SSSR count). The van der Waals surface area contributed by atoms with E-state index in [2.05, 4.69) is 10.4 Å². The van der Waals surface area contributed by atoms with Gasteiger partial charge in [-0.3, -0.25) is 4.79 Å². The van der Waals surface area contributed by atoms with Gasteiger partial charge in [-0.05, 0) is 37.3 Å². The zero-order valence-corrected chi connectivity index (χ0v) is 18.3. The van der Waals surface area contributed by atoms with Gasteiger partial charge in [-0.25, -0.2) is 22.6 Å². The maximum absolute atomic E-state index is 14.9. The van der Waals surface area contributed by atoms with Crippen molar-refractivity contribution < 1.29 is 31.5 Å². The molecule has 1 N–H and O–H groups in total. The number of hydrogen-bond donors (Lipinski definition) is 1. The smallest absolute Gasteiger partial charge is 0.248 e. The molecule has 2 atom stereocenters. The number of carbonyl (C=O) groups excluding carboxylic acids is 1. The number of furan rings is 1. The van der Waals surface area contributed by atoms with Crippen molar-refractivity contribution in [2.75, 3.05) is 25.3 Å². The van der Waals surface area contributed by atoms with Crippen molar-refractivity contribution in [3.05, 3.63) is 89.4 Å². The van der Waals surface area contributed by atoms with Crippen LogP contribution in [0, 0.1) is 23.3 Å². The number of halogens is 4. The zero-order chi connectivity index (χ0) is 24.5. The summed E-state index contributed by atoms with van der Waals surface area (Å²) in [4.78, 5) is 13.6. The van der Waals surface area contributed by atoms with E-state index < -0.39 is 40.6 Å². The van der Waals surface area contributed by atoms with E-state index in [9.17, 15) is 22.4 Å². The van der Waals surface area contributed by atoms with Crippen molar-refractivity contribution in [3.8, 4) is 0 Å². The van der Waals surface area contributed by atoms with Gasteiger partial charge in [0, 0.05) is 36.9 Å². The zero-order valence-electron chi connectivity index (χ0n) is 18.3. The van der Waals surface area contributed by atoms with Gasteiger partial charge in [0.15, 0.2) is 11.4 Å². The number of rotatable bonds is 7. The summed E-state index contributed by atoms with van der Waals surface area (Å²) >= 11 is 0. The molecule has 1 aromatic heterocycles. The number of benzene rings is 2. The molecule has 1 aliphatic rings. The number of carbonyl (C=O) groups is 1. The predicted octanol–water partition coefficient (Wildman–Crippen LogP) is 4.37. The largest absolute Gasteiger partial charge is 0.472 e. The lowest BCUT2D eigenvalue weighted by Crippen LogP contribution is -2.57. The molecule has 2 heterocycles. The molecule has 2 unspecified atom stereocenters. The highest BCUT2D eigenvalue weighted by Crippen LogP contribution is 2.46. The van der Waals surface area contributed by atoms with Gasteiger partial charge in [-0.1, -0.05) is 0 Å². The maximum Gasteiger partial charge on any atom is 0.248 e. The van der Waals surface area contributed by atoms with Gasteiger partial charge in [0.25, 0.3) is 0 Å². The third kappa shape index (κ3) is 4.05. The molecule has 6 nitrogen and oxygen atoms in total. The number of methoxy groups -OCH3 is 1. The molecule has 10 heteroatoms. The molecule has 0 radical (unpaired) electrons. The standard InChI is InChI=1S/C24H21F4N3O3/c1-24(23(32)29-8-10-33-2)21(14-7-9-34-13-14)22(17-5-3-15(25)11-18(17)27)30-31(24)20-6-4-16(26)12-19(20)28/h3-7,9,11-13,21H,8,10H2,1-2H3,(H,29,32). The molecule has 0 saturated heterocycles. The van der Waals surface area contributed by atoms with Crippen molar-refractivity contribution >= 4 is 17.3 Å². The Kier molecular flexibility index (Phi) is 6.43. The minimum absolute atomic E-state index is 0.0482. The van der Waals surface area contributed by atoms with Crippen molar-refractivity contribution in [2.24, 2.45) is 5.10 Å². The van der Waals surface area contributed by atoms with E-state index in [1.165, 1.54) is 32.6 Å². The molecule has 1 amide bonds. The average molecular weight is 475 g/mol. The Morgan fingerprint density at radius 3 is 2.44 bits per heavy atom. The van der Waals surface area contributed by atoms with E-state index in [1.807, 2.05) is 0 Å². The van der Waals surface area contributed by atoms with Crippen LogP contribution in [0.25, 0.3) is 0 Å². The van der Waals surface area contributed by atoms with Crippen LogP contribution in [-0.4, -0.2) is 37.4 Å². The van der Waals surface area contributed by atoms with Gasteiger partial charge in [0.05, 0.1) is 36.5 Å². The van der Waals surface area contributed by atoms with Gasteiger partial charge < -0.3 is 14.5 Å². The minimum atomic E-state index is -1.65. The highest BCUT2D eigenvalue weighted by atomic mass is 19.1. The molecule has 0 spiro atoms. The van der Waals surface area contributed by atoms with E-state index >= 15 is 0 Å². The quantitative estimate of drug-likeness (QED) is 0.407. The van der Waals surface area contributed by atoms with Crippen LogP contribution in [0.5, 0.6) is 0 Å². The Hall–Kier alpha value is -3.66. The number of ether oxygens (including phenoxy) is 1. The Morgan fingerprint density at radius 1 is 1.12 bits per heavy atom. The first-order chi connectivity index (χ1) is 16.3. The van der Waals surface area contributed by atoms with Gasteiger partial charge in [-0.15, -0.1) is 0 Å². The summed E-state index contributed by atoms with van der Waals surface area (Å²) in [6, 6.07) is 7.37. The van der Waals surface area contributed by atoms with Gasteiger partial charge in [0.2, 0.25) is 5.91 Å². The molecular weight excluding hydrogens is 454 g/mol.